The van der Waals surface area contributed by atoms with Gasteiger partial charge in [-0.2, -0.15) is 0 Å². The summed E-state index contributed by atoms with van der Waals surface area (Å²) >= 11 is 0. The molecule has 2 aliphatic carbocycles. The van der Waals surface area contributed by atoms with Crippen molar-refractivity contribution in [3.05, 3.63) is 69.5 Å². The molecule has 7 heteroatoms. The molecule has 36 heavy (non-hydrogen) atoms. The van der Waals surface area contributed by atoms with Crippen LogP contribution < -0.4 is 5.32 Å². The van der Waals surface area contributed by atoms with Crippen molar-refractivity contribution in [3.8, 4) is 0 Å². The summed E-state index contributed by atoms with van der Waals surface area (Å²) < 4.78 is 14.1. The number of benzene rings is 2. The van der Waals surface area contributed by atoms with E-state index in [0.29, 0.717) is 35.9 Å². The van der Waals surface area contributed by atoms with Crippen molar-refractivity contribution in [1.82, 2.24) is 4.90 Å². The van der Waals surface area contributed by atoms with E-state index in [2.05, 4.69) is 10.2 Å². The van der Waals surface area contributed by atoms with Gasteiger partial charge in [0.05, 0.1) is 18.8 Å². The predicted octanol–water partition coefficient (Wildman–Crippen LogP) is 3.81. The van der Waals surface area contributed by atoms with Crippen LogP contribution in [0, 0.1) is 5.82 Å². The van der Waals surface area contributed by atoms with Crippen molar-refractivity contribution in [3.63, 3.8) is 0 Å². The van der Waals surface area contributed by atoms with Crippen LogP contribution in [0.25, 0.3) is 6.08 Å². The molecule has 2 aromatic carbocycles. The lowest BCUT2D eigenvalue weighted by Crippen LogP contribution is -2.38. The first kappa shape index (κ1) is 26.2. The number of aliphatic hydroxyl groups excluding tert-OH is 2. The van der Waals surface area contributed by atoms with E-state index < -0.39 is 5.82 Å². The molecule has 0 heterocycles. The van der Waals surface area contributed by atoms with Gasteiger partial charge in [-0.15, -0.1) is 0 Å². The van der Waals surface area contributed by atoms with E-state index in [9.17, 15) is 24.2 Å². The highest BCUT2D eigenvalue weighted by Crippen LogP contribution is 2.31. The number of hydrogen-bond acceptors (Lipinski definition) is 6. The molecular formula is C29H35FN2O4. The normalized spacial score (nSPS) is 16.1. The van der Waals surface area contributed by atoms with Gasteiger partial charge >= 0.3 is 0 Å². The quantitative estimate of drug-likeness (QED) is 0.436. The lowest BCUT2D eigenvalue weighted by atomic mass is 9.86. The number of allylic oxidation sites excluding steroid dienone is 1. The molecule has 1 saturated carbocycles. The van der Waals surface area contributed by atoms with Crippen LogP contribution in [0.4, 0.5) is 10.1 Å². The fourth-order valence-corrected chi connectivity index (χ4v) is 5.48. The molecule has 0 radical (unpaired) electrons. The van der Waals surface area contributed by atoms with Gasteiger partial charge in [0.1, 0.15) is 5.82 Å². The van der Waals surface area contributed by atoms with Gasteiger partial charge in [-0.3, -0.25) is 14.5 Å². The van der Waals surface area contributed by atoms with Gasteiger partial charge < -0.3 is 15.5 Å². The Morgan fingerprint density at radius 1 is 1.11 bits per heavy atom. The first-order valence-corrected chi connectivity index (χ1v) is 12.8. The van der Waals surface area contributed by atoms with Gasteiger partial charge in [0.15, 0.2) is 11.6 Å². The Labute approximate surface area is 211 Å². The number of Topliss-reactive ketones (excluding diaryl/α,β-unsaturated/α-hetero) is 2. The Bertz CT molecular complexity index is 1150. The minimum absolute atomic E-state index is 0.0414. The molecule has 0 bridgehead atoms. The van der Waals surface area contributed by atoms with E-state index in [0.717, 1.165) is 29.5 Å². The highest BCUT2D eigenvalue weighted by molar-refractivity contribution is 6.25. The van der Waals surface area contributed by atoms with Crippen molar-refractivity contribution in [2.45, 2.75) is 64.1 Å². The minimum atomic E-state index is -0.427. The van der Waals surface area contributed by atoms with Crippen molar-refractivity contribution in [1.29, 1.82) is 0 Å². The molecule has 1 fully saturated rings. The minimum Gasteiger partial charge on any atom is -0.395 e. The second kappa shape index (κ2) is 11.9. The second-order valence-corrected chi connectivity index (χ2v) is 9.78. The topological polar surface area (TPSA) is 89.9 Å². The molecule has 6 nitrogen and oxygen atoms in total. The second-order valence-electron chi connectivity index (χ2n) is 9.78. The molecule has 2 aromatic rings. The molecule has 0 atom stereocenters. The molecular weight excluding hydrogens is 459 g/mol. The summed E-state index contributed by atoms with van der Waals surface area (Å²) in [6.45, 7) is 1.05. The van der Waals surface area contributed by atoms with Crippen LogP contribution in [0.2, 0.25) is 0 Å². The number of carbonyl (C=O) groups is 2. The first-order chi connectivity index (χ1) is 17.4. The Morgan fingerprint density at radius 2 is 1.89 bits per heavy atom. The van der Waals surface area contributed by atoms with E-state index in [-0.39, 0.29) is 43.2 Å². The molecule has 2 aliphatic rings. The summed E-state index contributed by atoms with van der Waals surface area (Å²) in [5.74, 6) is -0.998. The number of fused-ring (bicyclic) bond motifs is 1. The Balaban J connectivity index is 1.61. The zero-order chi connectivity index (χ0) is 25.7. The van der Waals surface area contributed by atoms with E-state index in [4.69, 9.17) is 0 Å². The van der Waals surface area contributed by atoms with Crippen molar-refractivity contribution >= 4 is 23.3 Å². The SMILES string of the molecule is CNc1cc(F)cc2c1CC(=O)C(C(=O)Cc1ccc(CO)cc1CN(CCO)C1CCCCC1)=C2. The van der Waals surface area contributed by atoms with E-state index in [1.54, 1.807) is 13.1 Å². The third-order valence-electron chi connectivity index (χ3n) is 7.41. The Hall–Kier alpha value is -2.87. The third-order valence-corrected chi connectivity index (χ3v) is 7.41. The fourth-order valence-electron chi connectivity index (χ4n) is 5.48. The van der Waals surface area contributed by atoms with Gasteiger partial charge in [-0.1, -0.05) is 37.5 Å². The summed E-state index contributed by atoms with van der Waals surface area (Å²) in [5.41, 5.74) is 4.35. The Kier molecular flexibility index (Phi) is 8.67. The number of hydrogen-bond donors (Lipinski definition) is 3. The molecule has 0 spiro atoms. The zero-order valence-electron chi connectivity index (χ0n) is 20.9. The summed E-state index contributed by atoms with van der Waals surface area (Å²) in [6, 6.07) is 8.64. The average Bonchev–Trinajstić information content (AvgIpc) is 2.89. The number of halogens is 1. The maximum atomic E-state index is 14.1. The van der Waals surface area contributed by atoms with E-state index >= 15 is 0 Å². The average molecular weight is 495 g/mol. The van der Waals surface area contributed by atoms with Crippen LogP contribution in [0.15, 0.2) is 35.9 Å². The third kappa shape index (κ3) is 5.91. The van der Waals surface area contributed by atoms with Crippen LogP contribution >= 0.6 is 0 Å². The van der Waals surface area contributed by atoms with Gasteiger partial charge in [0.25, 0.3) is 0 Å². The van der Waals surface area contributed by atoms with Crippen LogP contribution in [0.3, 0.4) is 0 Å². The smallest absolute Gasteiger partial charge is 0.170 e. The first-order valence-electron chi connectivity index (χ1n) is 12.8. The van der Waals surface area contributed by atoms with Crippen LogP contribution in [0.1, 0.15) is 59.9 Å². The number of rotatable bonds is 10. The lowest BCUT2D eigenvalue weighted by molar-refractivity contribution is -0.120. The fraction of sp³-hybridized carbons (Fsp3) is 0.448. The van der Waals surface area contributed by atoms with Crippen molar-refractivity contribution < 1.29 is 24.2 Å². The molecule has 0 amide bonds. The number of anilines is 1. The summed E-state index contributed by atoms with van der Waals surface area (Å²) in [7, 11) is 1.68. The largest absolute Gasteiger partial charge is 0.395 e. The number of nitrogens with one attached hydrogen (secondary N) is 1. The van der Waals surface area contributed by atoms with E-state index in [1.165, 1.54) is 37.5 Å². The van der Waals surface area contributed by atoms with E-state index in [1.807, 2.05) is 12.1 Å². The van der Waals surface area contributed by atoms with Crippen molar-refractivity contribution in [2.75, 3.05) is 25.5 Å². The highest BCUT2D eigenvalue weighted by Gasteiger charge is 2.27. The molecule has 0 saturated heterocycles. The molecule has 0 unspecified atom stereocenters. The number of nitrogens with zero attached hydrogens (tertiary/aromatic N) is 1. The number of aliphatic hydroxyl groups is 2. The predicted molar refractivity (Wildman–Crippen MR) is 138 cm³/mol. The maximum Gasteiger partial charge on any atom is 0.170 e. The summed E-state index contributed by atoms with van der Waals surface area (Å²) in [5, 5.41) is 22.3. The van der Waals surface area contributed by atoms with Gasteiger partial charge in [-0.25, -0.2) is 4.39 Å². The summed E-state index contributed by atoms with van der Waals surface area (Å²) in [6.07, 6.45) is 7.33. The van der Waals surface area contributed by atoms with Crippen LogP contribution in [-0.2, 0) is 35.6 Å². The van der Waals surface area contributed by atoms with Gasteiger partial charge in [0, 0.05) is 44.7 Å². The number of ketones is 2. The zero-order valence-corrected chi connectivity index (χ0v) is 20.9. The molecule has 4 rings (SSSR count). The molecule has 0 aliphatic heterocycles. The van der Waals surface area contributed by atoms with Crippen LogP contribution in [-0.4, -0.2) is 52.9 Å². The molecule has 192 valence electrons. The van der Waals surface area contributed by atoms with Crippen LogP contribution in [0.5, 0.6) is 0 Å². The standard InChI is InChI=1S/C29H35FN2O4/c1-31-27-15-23(30)12-21-13-26(29(36)16-25(21)27)28(35)14-20-8-7-19(18-34)11-22(20)17-32(9-10-33)24-5-3-2-4-6-24/h7-8,11-13,15,24,31,33-34H,2-6,9-10,14,16-18H2,1H3. The molecule has 0 aromatic heterocycles. The maximum absolute atomic E-state index is 14.1. The van der Waals surface area contributed by atoms with Gasteiger partial charge in [0.2, 0.25) is 0 Å². The Morgan fingerprint density at radius 3 is 2.58 bits per heavy atom. The summed E-state index contributed by atoms with van der Waals surface area (Å²) in [4.78, 5) is 28.5. The monoisotopic (exact) mass is 494 g/mol. The highest BCUT2D eigenvalue weighted by atomic mass is 19.1. The molecule has 3 N–H and O–H groups in total. The van der Waals surface area contributed by atoms with Crippen molar-refractivity contribution in [2.24, 2.45) is 0 Å². The lowest BCUT2D eigenvalue weighted by Gasteiger charge is -2.34. The van der Waals surface area contributed by atoms with Gasteiger partial charge in [-0.05, 0) is 58.9 Å². The number of carbonyl (C=O) groups excluding carboxylic acids is 2.